The number of aromatic carboxylic acids is 1. The van der Waals surface area contributed by atoms with Gasteiger partial charge in [-0.1, -0.05) is 6.07 Å². The molecule has 7 heteroatoms. The largest absolute Gasteiger partial charge is 0.478 e. The SMILES string of the molecule is O=C(O)c1cc(CN2CCC(c3cn(Cc4ccoc4)c4ncccc34)CC2)ccc1F. The molecule has 4 aromatic rings. The number of carbonyl (C=O) groups is 1. The molecular weight excluding hydrogens is 409 g/mol. The monoisotopic (exact) mass is 433 g/mol. The van der Waals surface area contributed by atoms with Gasteiger partial charge < -0.3 is 14.1 Å². The molecule has 0 saturated carbocycles. The minimum absolute atomic E-state index is 0.268. The zero-order valence-electron chi connectivity index (χ0n) is 17.6. The maximum absolute atomic E-state index is 13.7. The summed E-state index contributed by atoms with van der Waals surface area (Å²) in [5.74, 6) is -1.49. The Morgan fingerprint density at radius 2 is 2.00 bits per heavy atom. The highest BCUT2D eigenvalue weighted by Gasteiger charge is 2.24. The van der Waals surface area contributed by atoms with Gasteiger partial charge in [-0.25, -0.2) is 14.2 Å². The summed E-state index contributed by atoms with van der Waals surface area (Å²) in [7, 11) is 0. The number of furan rings is 1. The second-order valence-corrected chi connectivity index (χ2v) is 8.39. The van der Waals surface area contributed by atoms with Crippen molar-refractivity contribution in [2.45, 2.75) is 31.8 Å². The summed E-state index contributed by atoms with van der Waals surface area (Å²) >= 11 is 0. The second-order valence-electron chi connectivity index (χ2n) is 8.39. The maximum atomic E-state index is 13.7. The summed E-state index contributed by atoms with van der Waals surface area (Å²) in [6, 6.07) is 10.5. The second kappa shape index (κ2) is 8.59. The Labute approximate surface area is 184 Å². The number of carboxylic acid groups (broad SMARTS) is 1. The fourth-order valence-corrected chi connectivity index (χ4v) is 4.67. The van der Waals surface area contributed by atoms with Crippen molar-refractivity contribution in [2.75, 3.05) is 13.1 Å². The number of hydrogen-bond donors (Lipinski definition) is 1. The summed E-state index contributed by atoms with van der Waals surface area (Å²) in [6.07, 6.45) is 9.52. The van der Waals surface area contributed by atoms with Crippen molar-refractivity contribution in [3.63, 3.8) is 0 Å². The van der Waals surface area contributed by atoms with Gasteiger partial charge in [0.1, 0.15) is 11.5 Å². The van der Waals surface area contributed by atoms with Crippen LogP contribution in [-0.4, -0.2) is 38.6 Å². The van der Waals surface area contributed by atoms with Gasteiger partial charge in [0.15, 0.2) is 0 Å². The van der Waals surface area contributed by atoms with E-state index in [2.05, 4.69) is 26.7 Å². The predicted molar refractivity (Wildman–Crippen MR) is 118 cm³/mol. The van der Waals surface area contributed by atoms with Crippen LogP contribution >= 0.6 is 0 Å². The van der Waals surface area contributed by atoms with Gasteiger partial charge in [-0.15, -0.1) is 0 Å². The molecule has 0 bridgehead atoms. The molecule has 3 aromatic heterocycles. The van der Waals surface area contributed by atoms with Crippen molar-refractivity contribution < 1.29 is 18.7 Å². The summed E-state index contributed by atoms with van der Waals surface area (Å²) < 4.78 is 21.1. The molecule has 1 aliphatic rings. The number of hydrogen-bond acceptors (Lipinski definition) is 4. The van der Waals surface area contributed by atoms with Crippen LogP contribution in [0.1, 0.15) is 45.8 Å². The van der Waals surface area contributed by atoms with E-state index in [1.54, 1.807) is 18.6 Å². The summed E-state index contributed by atoms with van der Waals surface area (Å²) in [5.41, 5.74) is 3.97. The van der Waals surface area contributed by atoms with Crippen LogP contribution in [0.4, 0.5) is 4.39 Å². The number of nitrogens with zero attached hydrogens (tertiary/aromatic N) is 3. The topological polar surface area (TPSA) is 71.5 Å². The van der Waals surface area contributed by atoms with Gasteiger partial charge in [0, 0.05) is 29.9 Å². The average molecular weight is 433 g/mol. The quantitative estimate of drug-likeness (QED) is 0.469. The first-order valence-electron chi connectivity index (χ1n) is 10.8. The third-order valence-corrected chi connectivity index (χ3v) is 6.29. The van der Waals surface area contributed by atoms with Crippen molar-refractivity contribution in [1.82, 2.24) is 14.5 Å². The summed E-state index contributed by atoms with van der Waals surface area (Å²) in [5, 5.41) is 10.4. The Kier molecular flexibility index (Phi) is 5.49. The number of benzene rings is 1. The molecule has 32 heavy (non-hydrogen) atoms. The fraction of sp³-hybridized carbons (Fsp3) is 0.280. The molecule has 6 nitrogen and oxygen atoms in total. The lowest BCUT2D eigenvalue weighted by Gasteiger charge is -2.32. The van der Waals surface area contributed by atoms with E-state index < -0.39 is 11.8 Å². The van der Waals surface area contributed by atoms with Crippen LogP contribution in [0.15, 0.2) is 65.7 Å². The van der Waals surface area contributed by atoms with Gasteiger partial charge in [-0.3, -0.25) is 4.90 Å². The van der Waals surface area contributed by atoms with Crippen LogP contribution in [-0.2, 0) is 13.1 Å². The minimum atomic E-state index is -1.23. The van der Waals surface area contributed by atoms with Crippen molar-refractivity contribution in [2.24, 2.45) is 0 Å². The van der Waals surface area contributed by atoms with Crippen LogP contribution in [0.2, 0.25) is 0 Å². The third kappa shape index (κ3) is 4.03. The average Bonchev–Trinajstić information content (AvgIpc) is 3.44. The van der Waals surface area contributed by atoms with E-state index in [9.17, 15) is 9.18 Å². The number of likely N-dealkylation sites (tertiary alicyclic amines) is 1. The first-order chi connectivity index (χ1) is 15.6. The first kappa shape index (κ1) is 20.5. The molecule has 0 spiro atoms. The highest BCUT2D eigenvalue weighted by atomic mass is 19.1. The fourth-order valence-electron chi connectivity index (χ4n) is 4.67. The predicted octanol–water partition coefficient (Wildman–Crippen LogP) is 4.89. The van der Waals surface area contributed by atoms with Gasteiger partial charge in [0.05, 0.1) is 24.6 Å². The third-order valence-electron chi connectivity index (χ3n) is 6.29. The molecule has 1 saturated heterocycles. The molecule has 1 fully saturated rings. The summed E-state index contributed by atoms with van der Waals surface area (Å²) in [4.78, 5) is 18.1. The maximum Gasteiger partial charge on any atom is 0.338 e. The normalized spacial score (nSPS) is 15.4. The molecule has 164 valence electrons. The van der Waals surface area contributed by atoms with Gasteiger partial charge >= 0.3 is 5.97 Å². The highest BCUT2D eigenvalue weighted by molar-refractivity contribution is 5.88. The molecule has 0 aliphatic carbocycles. The Balaban J connectivity index is 1.30. The van der Waals surface area contributed by atoms with E-state index in [0.29, 0.717) is 12.5 Å². The molecule has 0 atom stereocenters. The minimum Gasteiger partial charge on any atom is -0.478 e. The van der Waals surface area contributed by atoms with E-state index in [0.717, 1.165) is 49.2 Å². The lowest BCUT2D eigenvalue weighted by Crippen LogP contribution is -2.32. The van der Waals surface area contributed by atoms with Crippen LogP contribution in [0.3, 0.4) is 0 Å². The number of aromatic nitrogens is 2. The number of fused-ring (bicyclic) bond motifs is 1. The number of piperidine rings is 1. The van der Waals surface area contributed by atoms with Crippen LogP contribution in [0.5, 0.6) is 0 Å². The Hall–Kier alpha value is -3.45. The van der Waals surface area contributed by atoms with Crippen molar-refractivity contribution in [3.8, 4) is 0 Å². The van der Waals surface area contributed by atoms with E-state index >= 15 is 0 Å². The van der Waals surface area contributed by atoms with Crippen molar-refractivity contribution in [1.29, 1.82) is 0 Å². The zero-order chi connectivity index (χ0) is 22.1. The summed E-state index contributed by atoms with van der Waals surface area (Å²) in [6.45, 7) is 3.15. The molecule has 1 aromatic carbocycles. The molecule has 1 N–H and O–H groups in total. The van der Waals surface area contributed by atoms with Gasteiger partial charge in [-0.05, 0) is 73.3 Å². The van der Waals surface area contributed by atoms with E-state index in [-0.39, 0.29) is 5.56 Å². The van der Waals surface area contributed by atoms with Gasteiger partial charge in [-0.2, -0.15) is 0 Å². The number of halogens is 1. The Morgan fingerprint density at radius 3 is 2.75 bits per heavy atom. The number of carboxylic acids is 1. The number of pyridine rings is 1. The number of rotatable bonds is 6. The molecular formula is C25H24FN3O3. The molecule has 4 heterocycles. The van der Waals surface area contributed by atoms with Crippen LogP contribution in [0, 0.1) is 5.82 Å². The van der Waals surface area contributed by atoms with E-state index in [4.69, 9.17) is 9.52 Å². The van der Waals surface area contributed by atoms with Gasteiger partial charge in [0.25, 0.3) is 0 Å². The smallest absolute Gasteiger partial charge is 0.338 e. The molecule has 0 unspecified atom stereocenters. The Morgan fingerprint density at radius 1 is 1.16 bits per heavy atom. The lowest BCUT2D eigenvalue weighted by molar-refractivity contribution is 0.0691. The van der Waals surface area contributed by atoms with Crippen LogP contribution in [0.25, 0.3) is 11.0 Å². The highest BCUT2D eigenvalue weighted by Crippen LogP contribution is 2.34. The molecule has 0 radical (unpaired) electrons. The standard InChI is InChI=1S/C25H24FN3O3/c26-23-4-3-17(12-21(23)25(30)31)13-28-9-5-19(6-10-28)22-15-29(14-18-7-11-32-16-18)24-20(22)2-1-8-27-24/h1-4,7-8,11-12,15-16,19H,5-6,9-10,13-14H2,(H,30,31). The van der Waals surface area contributed by atoms with E-state index in [1.165, 1.54) is 23.1 Å². The van der Waals surface area contributed by atoms with E-state index in [1.807, 2.05) is 18.3 Å². The lowest BCUT2D eigenvalue weighted by atomic mass is 9.89. The Bertz CT molecular complexity index is 1240. The van der Waals surface area contributed by atoms with Crippen molar-refractivity contribution in [3.05, 3.63) is 89.4 Å². The first-order valence-corrected chi connectivity index (χ1v) is 10.8. The van der Waals surface area contributed by atoms with Crippen LogP contribution < -0.4 is 0 Å². The van der Waals surface area contributed by atoms with Gasteiger partial charge in [0.2, 0.25) is 0 Å². The van der Waals surface area contributed by atoms with Crippen molar-refractivity contribution >= 4 is 17.0 Å². The zero-order valence-corrected chi connectivity index (χ0v) is 17.6. The molecule has 5 rings (SSSR count). The molecule has 0 amide bonds. The molecule has 1 aliphatic heterocycles.